The van der Waals surface area contributed by atoms with Crippen molar-refractivity contribution >= 4 is 22.4 Å². The Morgan fingerprint density at radius 3 is 2.20 bits per heavy atom. The Morgan fingerprint density at radius 1 is 0.950 bits per heavy atom. The Labute approximate surface area is 129 Å². The van der Waals surface area contributed by atoms with Crippen molar-refractivity contribution in [3.63, 3.8) is 0 Å². The maximum absolute atomic E-state index is 12.3. The zero-order valence-corrected chi connectivity index (χ0v) is 13.9. The highest BCUT2D eigenvalue weighted by Crippen LogP contribution is 2.27. The van der Waals surface area contributed by atoms with Crippen molar-refractivity contribution in [1.29, 1.82) is 0 Å². The average molecular weight is 325 g/mol. The van der Waals surface area contributed by atoms with Crippen LogP contribution in [0, 0.1) is 11.8 Å². The minimum Gasteiger partial charge on any atom is -0.330 e. The van der Waals surface area contributed by atoms with Crippen LogP contribution >= 0.6 is 12.4 Å². The smallest absolute Gasteiger partial charge is 0.212 e. The summed E-state index contributed by atoms with van der Waals surface area (Å²) >= 11 is 0. The molecule has 2 atom stereocenters. The highest BCUT2D eigenvalue weighted by molar-refractivity contribution is 7.89. The van der Waals surface area contributed by atoms with E-state index in [4.69, 9.17) is 5.73 Å². The summed E-state index contributed by atoms with van der Waals surface area (Å²) in [5.41, 5.74) is 5.76. The molecule has 3 N–H and O–H groups in total. The molecule has 0 amide bonds. The van der Waals surface area contributed by atoms with Gasteiger partial charge in [0.1, 0.15) is 0 Å². The van der Waals surface area contributed by atoms with Gasteiger partial charge in [-0.2, -0.15) is 0 Å². The number of hydrogen-bond donors (Lipinski definition) is 2. The quantitative estimate of drug-likeness (QED) is 0.815. The van der Waals surface area contributed by atoms with Crippen LogP contribution in [0.5, 0.6) is 0 Å². The number of halogens is 1. The van der Waals surface area contributed by atoms with Gasteiger partial charge in [-0.05, 0) is 44.1 Å². The van der Waals surface area contributed by atoms with Gasteiger partial charge in [-0.15, -0.1) is 12.4 Å². The van der Waals surface area contributed by atoms with E-state index in [2.05, 4.69) is 4.72 Å². The minimum absolute atomic E-state index is 0. The first-order chi connectivity index (χ1) is 9.11. The SMILES string of the molecule is Cl.NCC1CCCCC1NS(=O)(=O)CC1CCCCC1. The summed E-state index contributed by atoms with van der Waals surface area (Å²) in [4.78, 5) is 0. The number of rotatable bonds is 5. The van der Waals surface area contributed by atoms with Crippen LogP contribution in [0.15, 0.2) is 0 Å². The number of nitrogens with one attached hydrogen (secondary N) is 1. The molecule has 2 aliphatic rings. The predicted octanol–water partition coefficient (Wildman–Crippen LogP) is 2.43. The van der Waals surface area contributed by atoms with E-state index < -0.39 is 10.0 Å². The number of hydrogen-bond acceptors (Lipinski definition) is 3. The Kier molecular flexibility index (Phi) is 7.80. The lowest BCUT2D eigenvalue weighted by Gasteiger charge is -2.32. The number of nitrogens with two attached hydrogens (primary N) is 1. The van der Waals surface area contributed by atoms with Crippen LogP contribution in [0.25, 0.3) is 0 Å². The fourth-order valence-corrected chi connectivity index (χ4v) is 5.41. The third-order valence-electron chi connectivity index (χ3n) is 4.72. The van der Waals surface area contributed by atoms with Crippen molar-refractivity contribution in [3.8, 4) is 0 Å². The predicted molar refractivity (Wildman–Crippen MR) is 85.5 cm³/mol. The van der Waals surface area contributed by atoms with Crippen molar-refractivity contribution in [3.05, 3.63) is 0 Å². The molecule has 0 heterocycles. The Morgan fingerprint density at radius 2 is 1.55 bits per heavy atom. The van der Waals surface area contributed by atoms with E-state index in [9.17, 15) is 8.42 Å². The summed E-state index contributed by atoms with van der Waals surface area (Å²) < 4.78 is 27.5. The van der Waals surface area contributed by atoms with Gasteiger partial charge in [0.15, 0.2) is 0 Å². The lowest BCUT2D eigenvalue weighted by molar-refractivity contribution is 0.294. The Hall–Kier alpha value is 0.160. The summed E-state index contributed by atoms with van der Waals surface area (Å²) in [5, 5.41) is 0. The zero-order valence-electron chi connectivity index (χ0n) is 12.2. The van der Waals surface area contributed by atoms with E-state index in [1.54, 1.807) is 0 Å². The number of sulfonamides is 1. The first-order valence-electron chi connectivity index (χ1n) is 7.81. The molecule has 2 unspecified atom stereocenters. The van der Waals surface area contributed by atoms with Crippen LogP contribution in [-0.2, 0) is 10.0 Å². The maximum Gasteiger partial charge on any atom is 0.212 e. The van der Waals surface area contributed by atoms with Crippen LogP contribution in [0.3, 0.4) is 0 Å². The molecular formula is C14H29ClN2O2S. The van der Waals surface area contributed by atoms with Gasteiger partial charge in [-0.3, -0.25) is 0 Å². The molecular weight excluding hydrogens is 296 g/mol. The second-order valence-electron chi connectivity index (χ2n) is 6.29. The lowest BCUT2D eigenvalue weighted by Crippen LogP contribution is -2.46. The molecule has 0 bridgehead atoms. The maximum atomic E-state index is 12.3. The summed E-state index contributed by atoms with van der Waals surface area (Å²) in [5.74, 6) is 1.02. The first-order valence-corrected chi connectivity index (χ1v) is 9.46. The third-order valence-corrected chi connectivity index (χ3v) is 6.29. The van der Waals surface area contributed by atoms with Crippen molar-refractivity contribution in [2.45, 2.75) is 63.8 Å². The van der Waals surface area contributed by atoms with Crippen molar-refractivity contribution in [1.82, 2.24) is 4.72 Å². The molecule has 6 heteroatoms. The molecule has 0 aromatic carbocycles. The fourth-order valence-electron chi connectivity index (χ4n) is 3.59. The molecule has 2 rings (SSSR count). The lowest BCUT2D eigenvalue weighted by atomic mass is 9.85. The van der Waals surface area contributed by atoms with Gasteiger partial charge >= 0.3 is 0 Å². The first kappa shape index (κ1) is 18.2. The van der Waals surface area contributed by atoms with Gasteiger partial charge in [0.2, 0.25) is 10.0 Å². The molecule has 0 saturated heterocycles. The van der Waals surface area contributed by atoms with E-state index in [0.717, 1.165) is 32.1 Å². The van der Waals surface area contributed by atoms with E-state index in [0.29, 0.717) is 24.1 Å². The monoisotopic (exact) mass is 324 g/mol. The second-order valence-corrected chi connectivity index (χ2v) is 8.09. The van der Waals surface area contributed by atoms with E-state index in [-0.39, 0.29) is 18.4 Å². The molecule has 0 aromatic heterocycles. The summed E-state index contributed by atoms with van der Waals surface area (Å²) in [6.45, 7) is 0.594. The zero-order chi connectivity index (χ0) is 13.7. The summed E-state index contributed by atoms with van der Waals surface area (Å²) in [6, 6.07) is 0.0762. The van der Waals surface area contributed by atoms with Gasteiger partial charge in [0, 0.05) is 6.04 Å². The topological polar surface area (TPSA) is 72.2 Å². The van der Waals surface area contributed by atoms with Gasteiger partial charge < -0.3 is 5.73 Å². The van der Waals surface area contributed by atoms with Crippen LogP contribution in [0.1, 0.15) is 57.8 Å². The van der Waals surface area contributed by atoms with Gasteiger partial charge in [0.25, 0.3) is 0 Å². The van der Waals surface area contributed by atoms with Crippen molar-refractivity contribution < 1.29 is 8.42 Å². The third kappa shape index (κ3) is 5.51. The molecule has 0 aliphatic heterocycles. The van der Waals surface area contributed by atoms with Crippen LogP contribution in [-0.4, -0.2) is 26.8 Å². The fraction of sp³-hybridized carbons (Fsp3) is 1.00. The standard InChI is InChI=1S/C14H28N2O2S.ClH/c15-10-13-8-4-5-9-14(13)16-19(17,18)11-12-6-2-1-3-7-12;/h12-14,16H,1-11,15H2;1H. The molecule has 0 aromatic rings. The van der Waals surface area contributed by atoms with E-state index in [1.165, 1.54) is 25.7 Å². The van der Waals surface area contributed by atoms with E-state index >= 15 is 0 Å². The second kappa shape index (κ2) is 8.57. The largest absolute Gasteiger partial charge is 0.330 e. The highest BCUT2D eigenvalue weighted by atomic mass is 35.5. The minimum atomic E-state index is -3.13. The molecule has 2 saturated carbocycles. The molecule has 0 spiro atoms. The van der Waals surface area contributed by atoms with Crippen molar-refractivity contribution in [2.75, 3.05) is 12.3 Å². The van der Waals surface area contributed by atoms with E-state index in [1.807, 2.05) is 0 Å². The summed E-state index contributed by atoms with van der Waals surface area (Å²) in [6.07, 6.45) is 10.1. The highest BCUT2D eigenvalue weighted by Gasteiger charge is 2.29. The van der Waals surface area contributed by atoms with Gasteiger partial charge in [-0.1, -0.05) is 32.1 Å². The Balaban J connectivity index is 0.00000200. The molecule has 4 nitrogen and oxygen atoms in total. The van der Waals surface area contributed by atoms with Crippen LogP contribution in [0.2, 0.25) is 0 Å². The Bertz CT molecular complexity index is 369. The van der Waals surface area contributed by atoms with Gasteiger partial charge in [-0.25, -0.2) is 13.1 Å². The van der Waals surface area contributed by atoms with Crippen LogP contribution < -0.4 is 10.5 Å². The van der Waals surface area contributed by atoms with Crippen molar-refractivity contribution in [2.24, 2.45) is 17.6 Å². The molecule has 2 aliphatic carbocycles. The normalized spacial score (nSPS) is 28.9. The molecule has 2 fully saturated rings. The van der Waals surface area contributed by atoms with Crippen LogP contribution in [0.4, 0.5) is 0 Å². The molecule has 20 heavy (non-hydrogen) atoms. The average Bonchev–Trinajstić information content (AvgIpc) is 2.39. The van der Waals surface area contributed by atoms with Gasteiger partial charge in [0.05, 0.1) is 5.75 Å². The molecule has 120 valence electrons. The molecule has 0 radical (unpaired) electrons. The summed E-state index contributed by atoms with van der Waals surface area (Å²) in [7, 11) is -3.13.